The van der Waals surface area contributed by atoms with Gasteiger partial charge in [0.1, 0.15) is 11.3 Å². The van der Waals surface area contributed by atoms with Gasteiger partial charge in [0.25, 0.3) is 5.92 Å². The van der Waals surface area contributed by atoms with Gasteiger partial charge in [0.2, 0.25) is 0 Å². The van der Waals surface area contributed by atoms with Gasteiger partial charge < -0.3 is 24.0 Å². The molecule has 0 radical (unpaired) electrons. The Morgan fingerprint density at radius 3 is 2.57 bits per heavy atom. The molecule has 0 bridgehead atoms. The number of rotatable bonds is 7. The Bertz CT molecular complexity index is 1190. The summed E-state index contributed by atoms with van der Waals surface area (Å²) in [5.41, 5.74) is 1.68. The van der Waals surface area contributed by atoms with Crippen LogP contribution >= 0.6 is 0 Å². The highest BCUT2D eigenvalue weighted by molar-refractivity contribution is 5.88. The zero-order valence-electron chi connectivity index (χ0n) is 20.6. The summed E-state index contributed by atoms with van der Waals surface area (Å²) >= 11 is 0. The Hall–Kier alpha value is -2.94. The molecule has 1 aromatic heterocycles. The van der Waals surface area contributed by atoms with Gasteiger partial charge in [0, 0.05) is 57.0 Å². The molecule has 2 aliphatic heterocycles. The van der Waals surface area contributed by atoms with Crippen molar-refractivity contribution in [2.24, 2.45) is 5.41 Å². The van der Waals surface area contributed by atoms with E-state index in [1.165, 1.54) is 12.3 Å². The molecule has 3 heterocycles. The number of benzene rings is 1. The minimum absolute atomic E-state index is 0.119. The summed E-state index contributed by atoms with van der Waals surface area (Å²) in [6.07, 6.45) is 2.41. The lowest BCUT2D eigenvalue weighted by Crippen LogP contribution is -2.33. The van der Waals surface area contributed by atoms with Gasteiger partial charge >= 0.3 is 5.97 Å². The topological polar surface area (TPSA) is 81.0 Å². The molecule has 0 spiro atoms. The predicted molar refractivity (Wildman–Crippen MR) is 129 cm³/mol. The quantitative estimate of drug-likeness (QED) is 0.571. The summed E-state index contributed by atoms with van der Waals surface area (Å²) < 4.78 is 41.2. The molecular formula is C26H32F2N2O5. The van der Waals surface area contributed by atoms with Crippen molar-refractivity contribution in [3.8, 4) is 17.0 Å². The number of alkyl halides is 2. The van der Waals surface area contributed by atoms with E-state index in [4.69, 9.17) is 9.47 Å². The van der Waals surface area contributed by atoms with Gasteiger partial charge in [-0.2, -0.15) is 0 Å². The number of pyridine rings is 1. The average Bonchev–Trinajstić information content (AvgIpc) is 3.13. The zero-order valence-corrected chi connectivity index (χ0v) is 20.6. The zero-order chi connectivity index (χ0) is 25.5. The van der Waals surface area contributed by atoms with E-state index < -0.39 is 23.9 Å². The first-order valence-corrected chi connectivity index (χ1v) is 11.8. The fraction of sp³-hybridized carbons (Fsp3) is 0.538. The smallest absolute Gasteiger partial charge is 0.341 e. The minimum Gasteiger partial charge on any atom is -0.491 e. The number of hydrogen-bond donors (Lipinski definition) is 1. The Labute approximate surface area is 203 Å². The number of aromatic carboxylic acids is 1. The second kappa shape index (κ2) is 9.26. The molecule has 1 aromatic carbocycles. The van der Waals surface area contributed by atoms with Crippen LogP contribution in [0.1, 0.15) is 55.6 Å². The molecule has 190 valence electrons. The van der Waals surface area contributed by atoms with E-state index in [2.05, 4.69) is 20.8 Å². The van der Waals surface area contributed by atoms with Crippen molar-refractivity contribution in [2.45, 2.75) is 52.0 Å². The van der Waals surface area contributed by atoms with E-state index in [1.807, 2.05) is 16.7 Å². The molecule has 1 N–H and O–H groups in total. The van der Waals surface area contributed by atoms with E-state index in [0.29, 0.717) is 43.2 Å². The molecule has 1 fully saturated rings. The van der Waals surface area contributed by atoms with Gasteiger partial charge in [-0.25, -0.2) is 13.6 Å². The van der Waals surface area contributed by atoms with Crippen LogP contribution in [0.5, 0.6) is 5.75 Å². The average molecular weight is 491 g/mol. The Morgan fingerprint density at radius 2 is 1.97 bits per heavy atom. The Balaban J connectivity index is 1.87. The number of aromatic nitrogens is 1. The lowest BCUT2D eigenvalue weighted by Gasteiger charge is -2.39. The fourth-order valence-corrected chi connectivity index (χ4v) is 4.92. The summed E-state index contributed by atoms with van der Waals surface area (Å²) in [6, 6.07) is 4.94. The monoisotopic (exact) mass is 490 g/mol. The van der Waals surface area contributed by atoms with Gasteiger partial charge in [-0.1, -0.05) is 20.8 Å². The minimum atomic E-state index is -2.79. The standard InChI is InChI=1S/C26H32F2N2O5/c1-25(2,3)23-11-16-10-22(35-9-5-8-34-4)20(29-7-6-26(27,28)15-29)12-17(16)19-13-21(31)18(24(32)33)14-30(19)23/h10,12-14,23H,5-9,11,15H2,1-4H3,(H,32,33)/t23-/m0/s1. The summed E-state index contributed by atoms with van der Waals surface area (Å²) in [5, 5.41) is 9.53. The number of hydrogen-bond acceptors (Lipinski definition) is 5. The Kier molecular flexibility index (Phi) is 6.66. The molecule has 1 atom stereocenters. The SMILES string of the molecule is COCCCOc1cc2c(cc1N1CCC(F)(F)C1)-c1cc(=O)c(C(=O)O)cn1[C@H](C(C)(C)C)C2. The van der Waals surface area contributed by atoms with Crippen LogP contribution in [0.25, 0.3) is 11.3 Å². The highest BCUT2D eigenvalue weighted by Crippen LogP contribution is 2.47. The van der Waals surface area contributed by atoms with Crippen molar-refractivity contribution in [3.05, 3.63) is 45.7 Å². The summed E-state index contributed by atoms with van der Waals surface area (Å²) in [7, 11) is 1.61. The number of nitrogens with zero attached hydrogens (tertiary/aromatic N) is 2. The number of carbonyl (C=O) groups is 1. The van der Waals surface area contributed by atoms with Gasteiger partial charge in [-0.05, 0) is 29.5 Å². The van der Waals surface area contributed by atoms with Gasteiger partial charge in [-0.3, -0.25) is 4.79 Å². The van der Waals surface area contributed by atoms with E-state index in [9.17, 15) is 23.5 Å². The van der Waals surface area contributed by atoms with Crippen molar-refractivity contribution in [2.75, 3.05) is 38.3 Å². The van der Waals surface area contributed by atoms with Crippen LogP contribution in [0.15, 0.2) is 29.2 Å². The first-order chi connectivity index (χ1) is 16.4. The number of anilines is 1. The molecule has 1 saturated heterocycles. The molecule has 9 heteroatoms. The first kappa shape index (κ1) is 25.2. The van der Waals surface area contributed by atoms with Crippen LogP contribution < -0.4 is 15.1 Å². The van der Waals surface area contributed by atoms with E-state index in [1.54, 1.807) is 12.0 Å². The van der Waals surface area contributed by atoms with E-state index in [-0.39, 0.29) is 30.0 Å². The molecule has 2 aromatic rings. The summed E-state index contributed by atoms with van der Waals surface area (Å²) in [5.74, 6) is -3.53. The van der Waals surface area contributed by atoms with Crippen LogP contribution in [0, 0.1) is 5.41 Å². The largest absolute Gasteiger partial charge is 0.491 e. The highest BCUT2D eigenvalue weighted by Gasteiger charge is 2.40. The number of ether oxygens (including phenoxy) is 2. The number of carboxylic acids is 1. The third kappa shape index (κ3) is 5.05. The van der Waals surface area contributed by atoms with Crippen molar-refractivity contribution in [1.82, 2.24) is 4.57 Å². The van der Waals surface area contributed by atoms with Gasteiger partial charge in [-0.15, -0.1) is 0 Å². The maximum absolute atomic E-state index is 14.1. The van der Waals surface area contributed by atoms with Crippen LogP contribution in [0.4, 0.5) is 14.5 Å². The van der Waals surface area contributed by atoms with Crippen molar-refractivity contribution >= 4 is 11.7 Å². The number of fused-ring (bicyclic) bond motifs is 3. The predicted octanol–water partition coefficient (Wildman–Crippen LogP) is 4.62. The lowest BCUT2D eigenvalue weighted by atomic mass is 9.78. The van der Waals surface area contributed by atoms with Crippen molar-refractivity contribution in [1.29, 1.82) is 0 Å². The number of halogens is 2. The van der Waals surface area contributed by atoms with Crippen LogP contribution in [0.3, 0.4) is 0 Å². The first-order valence-electron chi connectivity index (χ1n) is 11.8. The molecule has 35 heavy (non-hydrogen) atoms. The fourth-order valence-electron chi connectivity index (χ4n) is 4.92. The van der Waals surface area contributed by atoms with Crippen LogP contribution in [-0.4, -0.2) is 55.0 Å². The molecule has 7 nitrogen and oxygen atoms in total. The normalized spacial score (nSPS) is 18.8. The maximum Gasteiger partial charge on any atom is 0.341 e. The van der Waals surface area contributed by atoms with Crippen molar-refractivity contribution in [3.63, 3.8) is 0 Å². The van der Waals surface area contributed by atoms with Crippen molar-refractivity contribution < 1.29 is 28.2 Å². The van der Waals surface area contributed by atoms with Crippen LogP contribution in [0.2, 0.25) is 0 Å². The molecule has 0 saturated carbocycles. The third-order valence-corrected chi connectivity index (χ3v) is 6.78. The molecule has 4 rings (SSSR count). The molecule has 2 aliphatic rings. The molecule has 0 aliphatic carbocycles. The molecule has 0 unspecified atom stereocenters. The number of methoxy groups -OCH3 is 1. The van der Waals surface area contributed by atoms with E-state index >= 15 is 0 Å². The Morgan fingerprint density at radius 1 is 1.23 bits per heavy atom. The molecule has 0 amide bonds. The highest BCUT2D eigenvalue weighted by atomic mass is 19.3. The van der Waals surface area contributed by atoms with Gasteiger partial charge in [0.15, 0.2) is 5.43 Å². The number of carboxylic acid groups (broad SMARTS) is 1. The van der Waals surface area contributed by atoms with E-state index in [0.717, 1.165) is 11.1 Å². The van der Waals surface area contributed by atoms with Gasteiger partial charge in [0.05, 0.1) is 24.5 Å². The second-order valence-electron chi connectivity index (χ2n) is 10.4. The maximum atomic E-state index is 14.1. The third-order valence-electron chi connectivity index (χ3n) is 6.78. The van der Waals surface area contributed by atoms with Crippen LogP contribution in [-0.2, 0) is 11.2 Å². The summed E-state index contributed by atoms with van der Waals surface area (Å²) in [4.78, 5) is 25.9. The summed E-state index contributed by atoms with van der Waals surface area (Å²) in [6.45, 7) is 6.88. The second-order valence-corrected chi connectivity index (χ2v) is 10.4. The molecular weight excluding hydrogens is 458 g/mol. The lowest BCUT2D eigenvalue weighted by molar-refractivity contribution is 0.0257.